The second-order valence-corrected chi connectivity index (χ2v) is 9.63. The molecule has 1 aliphatic heterocycles. The van der Waals surface area contributed by atoms with Gasteiger partial charge < -0.3 is 10.0 Å². The number of hydrogen-bond acceptors (Lipinski definition) is 2. The van der Waals surface area contributed by atoms with Gasteiger partial charge >= 0.3 is 0 Å². The summed E-state index contributed by atoms with van der Waals surface area (Å²) in [5.41, 5.74) is 9.75. The maximum atomic E-state index is 11.0. The summed E-state index contributed by atoms with van der Waals surface area (Å²) >= 11 is 0. The van der Waals surface area contributed by atoms with E-state index in [1.165, 1.54) is 65.7 Å². The lowest BCUT2D eigenvalue weighted by atomic mass is 9.84. The first-order valence-electron chi connectivity index (χ1n) is 11.5. The minimum Gasteiger partial charge on any atom is -0.388 e. The molecule has 164 valence electrons. The molecular formula is C27H38ClNO. The van der Waals surface area contributed by atoms with Gasteiger partial charge in [0.1, 0.15) is 0 Å². The van der Waals surface area contributed by atoms with Crippen LogP contribution in [0.3, 0.4) is 0 Å². The Kier molecular flexibility index (Phi) is 7.66. The quantitative estimate of drug-likeness (QED) is 0.588. The molecule has 0 amide bonds. The smallest absolute Gasteiger partial charge is 0.0798 e. The molecule has 2 aliphatic rings. The molecule has 2 unspecified atom stereocenters. The van der Waals surface area contributed by atoms with Crippen molar-refractivity contribution in [2.24, 2.45) is 5.92 Å². The molecule has 2 aromatic rings. The van der Waals surface area contributed by atoms with Gasteiger partial charge in [0.2, 0.25) is 0 Å². The third kappa shape index (κ3) is 4.77. The van der Waals surface area contributed by atoms with Crippen LogP contribution in [-0.2, 0) is 6.42 Å². The van der Waals surface area contributed by atoms with Gasteiger partial charge in [0, 0.05) is 6.54 Å². The number of halogens is 1. The van der Waals surface area contributed by atoms with Gasteiger partial charge in [-0.15, -0.1) is 12.4 Å². The lowest BCUT2D eigenvalue weighted by molar-refractivity contribution is 0.116. The molecule has 1 fully saturated rings. The largest absolute Gasteiger partial charge is 0.388 e. The van der Waals surface area contributed by atoms with Crippen molar-refractivity contribution >= 4 is 12.4 Å². The molecule has 0 radical (unpaired) electrons. The molecule has 2 nitrogen and oxygen atoms in total. The molecule has 0 bridgehead atoms. The van der Waals surface area contributed by atoms with Crippen LogP contribution in [0.5, 0.6) is 0 Å². The monoisotopic (exact) mass is 427 g/mol. The number of aryl methyl sites for hydroxylation is 4. The Hall–Kier alpha value is -1.35. The van der Waals surface area contributed by atoms with Crippen LogP contribution >= 0.6 is 12.4 Å². The predicted molar refractivity (Wildman–Crippen MR) is 129 cm³/mol. The molecule has 1 aliphatic carbocycles. The third-order valence-electron chi connectivity index (χ3n) is 7.56. The van der Waals surface area contributed by atoms with Gasteiger partial charge in [0.25, 0.3) is 0 Å². The summed E-state index contributed by atoms with van der Waals surface area (Å²) in [7, 11) is 0. The van der Waals surface area contributed by atoms with Gasteiger partial charge in [-0.05, 0) is 124 Å². The van der Waals surface area contributed by atoms with Crippen LogP contribution in [0, 0.1) is 33.6 Å². The highest BCUT2D eigenvalue weighted by Gasteiger charge is 2.29. The van der Waals surface area contributed by atoms with Crippen molar-refractivity contribution in [2.45, 2.75) is 71.8 Å². The molecular weight excluding hydrogens is 390 g/mol. The first-order chi connectivity index (χ1) is 13.9. The van der Waals surface area contributed by atoms with Crippen molar-refractivity contribution < 1.29 is 5.11 Å². The number of hydrogen-bond donors (Lipinski definition) is 1. The minimum absolute atomic E-state index is 0. The van der Waals surface area contributed by atoms with E-state index >= 15 is 0 Å². The van der Waals surface area contributed by atoms with Crippen LogP contribution in [0.4, 0.5) is 0 Å². The highest BCUT2D eigenvalue weighted by Crippen LogP contribution is 2.37. The van der Waals surface area contributed by atoms with Gasteiger partial charge in [0.05, 0.1) is 6.10 Å². The van der Waals surface area contributed by atoms with E-state index in [1.807, 2.05) is 0 Å². The summed E-state index contributed by atoms with van der Waals surface area (Å²) < 4.78 is 0. The lowest BCUT2D eigenvalue weighted by Crippen LogP contribution is -2.37. The Morgan fingerprint density at radius 2 is 1.43 bits per heavy atom. The van der Waals surface area contributed by atoms with Crippen molar-refractivity contribution in [3.05, 3.63) is 69.3 Å². The summed E-state index contributed by atoms with van der Waals surface area (Å²) in [5, 5.41) is 11.0. The zero-order valence-corrected chi connectivity index (χ0v) is 19.9. The first-order valence-corrected chi connectivity index (χ1v) is 11.5. The summed E-state index contributed by atoms with van der Waals surface area (Å²) in [6.45, 7) is 12.4. The maximum absolute atomic E-state index is 11.0. The van der Waals surface area contributed by atoms with Gasteiger partial charge in [-0.1, -0.05) is 30.3 Å². The van der Waals surface area contributed by atoms with E-state index < -0.39 is 0 Å². The van der Waals surface area contributed by atoms with Crippen LogP contribution in [0.1, 0.15) is 76.6 Å². The van der Waals surface area contributed by atoms with E-state index in [1.54, 1.807) is 5.56 Å². The highest BCUT2D eigenvalue weighted by molar-refractivity contribution is 5.85. The molecule has 1 N–H and O–H groups in total. The fourth-order valence-electron chi connectivity index (χ4n) is 5.99. The molecule has 30 heavy (non-hydrogen) atoms. The van der Waals surface area contributed by atoms with Crippen LogP contribution in [0.15, 0.2) is 30.3 Å². The van der Waals surface area contributed by atoms with Crippen molar-refractivity contribution in [1.29, 1.82) is 0 Å². The SMILES string of the molecule is Cc1ccc(C)c2c1CCC(CN1CCC(c3c(C)cccc3C)CC1)CC2O.Cl. The fourth-order valence-corrected chi connectivity index (χ4v) is 5.99. The Labute approximate surface area is 189 Å². The minimum atomic E-state index is -0.301. The van der Waals surface area contributed by atoms with Crippen LogP contribution in [0.25, 0.3) is 0 Å². The second-order valence-electron chi connectivity index (χ2n) is 9.63. The topological polar surface area (TPSA) is 23.5 Å². The van der Waals surface area contributed by atoms with Crippen molar-refractivity contribution in [3.8, 4) is 0 Å². The molecule has 1 saturated heterocycles. The summed E-state index contributed by atoms with van der Waals surface area (Å²) in [6.07, 6.45) is 5.45. The molecule has 0 spiro atoms. The first kappa shape index (κ1) is 23.3. The standard InChI is InChI=1S/C27H37NO.ClH/c1-18-8-9-21(4)27-24(18)11-10-22(16-25(27)29)17-28-14-12-23(13-15-28)26-19(2)6-5-7-20(26)3;/h5-9,22-23,25,29H,10-17H2,1-4H3;1H. The van der Waals surface area contributed by atoms with E-state index in [4.69, 9.17) is 0 Å². The molecule has 0 saturated carbocycles. The predicted octanol–water partition coefficient (Wildman–Crippen LogP) is 6.21. The lowest BCUT2D eigenvalue weighted by Gasteiger charge is -2.35. The second kappa shape index (κ2) is 9.85. The molecule has 4 rings (SSSR count). The number of aliphatic hydroxyl groups is 1. The molecule has 0 aromatic heterocycles. The highest BCUT2D eigenvalue weighted by atomic mass is 35.5. The molecule has 2 atom stereocenters. The van der Waals surface area contributed by atoms with E-state index in [0.29, 0.717) is 11.8 Å². The average molecular weight is 428 g/mol. The van der Waals surface area contributed by atoms with Crippen LogP contribution in [-0.4, -0.2) is 29.6 Å². The Morgan fingerprint density at radius 3 is 2.10 bits per heavy atom. The van der Waals surface area contributed by atoms with E-state index in [0.717, 1.165) is 19.4 Å². The van der Waals surface area contributed by atoms with E-state index in [2.05, 4.69) is 62.9 Å². The zero-order chi connectivity index (χ0) is 20.5. The number of piperidine rings is 1. The number of nitrogens with zero attached hydrogens (tertiary/aromatic N) is 1. The normalized spacial score (nSPS) is 22.8. The number of rotatable bonds is 3. The molecule has 3 heteroatoms. The summed E-state index contributed by atoms with van der Waals surface area (Å²) in [4.78, 5) is 2.66. The summed E-state index contributed by atoms with van der Waals surface area (Å²) in [6, 6.07) is 11.1. The number of likely N-dealkylation sites (tertiary alicyclic amines) is 1. The van der Waals surface area contributed by atoms with Crippen LogP contribution < -0.4 is 0 Å². The van der Waals surface area contributed by atoms with Crippen molar-refractivity contribution in [1.82, 2.24) is 4.90 Å². The van der Waals surface area contributed by atoms with Gasteiger partial charge in [-0.3, -0.25) is 0 Å². The Bertz CT molecular complexity index is 849. The third-order valence-corrected chi connectivity index (χ3v) is 7.56. The maximum Gasteiger partial charge on any atom is 0.0798 e. The number of benzene rings is 2. The number of aliphatic hydroxyl groups excluding tert-OH is 1. The van der Waals surface area contributed by atoms with Crippen molar-refractivity contribution in [3.63, 3.8) is 0 Å². The van der Waals surface area contributed by atoms with Crippen LogP contribution in [0.2, 0.25) is 0 Å². The molecule has 1 heterocycles. The Balaban J connectivity index is 0.00000256. The zero-order valence-electron chi connectivity index (χ0n) is 19.1. The fraction of sp³-hybridized carbons (Fsp3) is 0.556. The van der Waals surface area contributed by atoms with Gasteiger partial charge in [-0.2, -0.15) is 0 Å². The van der Waals surface area contributed by atoms with Gasteiger partial charge in [0.15, 0.2) is 0 Å². The number of fused-ring (bicyclic) bond motifs is 1. The Morgan fingerprint density at radius 1 is 0.833 bits per heavy atom. The van der Waals surface area contributed by atoms with E-state index in [-0.39, 0.29) is 18.5 Å². The molecule has 2 aromatic carbocycles. The van der Waals surface area contributed by atoms with E-state index in [9.17, 15) is 5.11 Å². The van der Waals surface area contributed by atoms with Gasteiger partial charge in [-0.25, -0.2) is 0 Å². The summed E-state index contributed by atoms with van der Waals surface area (Å²) in [5.74, 6) is 1.30. The van der Waals surface area contributed by atoms with Crippen molar-refractivity contribution in [2.75, 3.05) is 19.6 Å². The average Bonchev–Trinajstić information content (AvgIpc) is 2.85.